The average Bonchev–Trinajstić information content (AvgIpc) is 3.22. The molecule has 0 saturated carbocycles. The highest BCUT2D eigenvalue weighted by atomic mass is 79.9. The van der Waals surface area contributed by atoms with Crippen molar-refractivity contribution >= 4 is 50.9 Å². The van der Waals surface area contributed by atoms with Gasteiger partial charge in [-0.3, -0.25) is 14.5 Å². The van der Waals surface area contributed by atoms with Crippen molar-refractivity contribution in [1.82, 2.24) is 0 Å². The Kier molecular flexibility index (Phi) is 8.54. The maximum atomic E-state index is 13.7. The molecule has 4 rings (SSSR count). The molecule has 1 heterocycles. The highest BCUT2D eigenvalue weighted by Crippen LogP contribution is 2.42. The van der Waals surface area contributed by atoms with Crippen LogP contribution in [0.5, 0.6) is 11.5 Å². The highest BCUT2D eigenvalue weighted by molar-refractivity contribution is 9.10. The number of ether oxygens (including phenoxy) is 2. The second kappa shape index (κ2) is 12.0. The molecule has 1 unspecified atom stereocenters. The van der Waals surface area contributed by atoms with Gasteiger partial charge in [0.15, 0.2) is 0 Å². The molecular formula is C28H24BrN3O4S. The van der Waals surface area contributed by atoms with Gasteiger partial charge in [-0.2, -0.15) is 5.26 Å². The number of methoxy groups -OCH3 is 1. The molecule has 1 atom stereocenters. The fourth-order valence-corrected chi connectivity index (χ4v) is 5.42. The zero-order valence-corrected chi connectivity index (χ0v) is 22.6. The standard InChI is InChI=1S/C28H24BrN3O4S/c1-3-36-21-14-12-20(13-15-21)32-27(34)25(16-18-8-10-19(29)11-9-18)37-28(32)22(17-30)26(33)31-23-6-4-5-7-24(23)35-2/h4-15,25H,3,16H2,1-2H3,(H,31,33)/b28-22-. The van der Waals surface area contributed by atoms with Crippen LogP contribution in [0.3, 0.4) is 0 Å². The molecule has 0 bridgehead atoms. The molecule has 0 spiro atoms. The van der Waals surface area contributed by atoms with Crippen molar-refractivity contribution in [3.05, 3.63) is 93.4 Å². The number of benzene rings is 3. The van der Waals surface area contributed by atoms with Gasteiger partial charge in [0.2, 0.25) is 5.91 Å². The summed E-state index contributed by atoms with van der Waals surface area (Å²) in [7, 11) is 1.50. The van der Waals surface area contributed by atoms with Crippen LogP contribution in [0.2, 0.25) is 0 Å². The number of thioether (sulfide) groups is 1. The summed E-state index contributed by atoms with van der Waals surface area (Å²) in [5.74, 6) is 0.300. The fraction of sp³-hybridized carbons (Fsp3) is 0.179. The van der Waals surface area contributed by atoms with Gasteiger partial charge in [0, 0.05) is 10.2 Å². The summed E-state index contributed by atoms with van der Waals surface area (Å²) in [5, 5.41) is 12.6. The van der Waals surface area contributed by atoms with Crippen molar-refractivity contribution in [3.63, 3.8) is 0 Å². The molecule has 2 amide bonds. The summed E-state index contributed by atoms with van der Waals surface area (Å²) in [4.78, 5) is 28.4. The molecule has 7 nitrogen and oxygen atoms in total. The Morgan fingerprint density at radius 1 is 1.11 bits per heavy atom. The number of amides is 2. The second-order valence-electron chi connectivity index (χ2n) is 7.98. The highest BCUT2D eigenvalue weighted by Gasteiger charge is 2.41. The third kappa shape index (κ3) is 5.98. The second-order valence-corrected chi connectivity index (χ2v) is 10.1. The van der Waals surface area contributed by atoms with Gasteiger partial charge >= 0.3 is 0 Å². The van der Waals surface area contributed by atoms with Crippen LogP contribution >= 0.6 is 27.7 Å². The van der Waals surface area contributed by atoms with E-state index in [0.29, 0.717) is 35.9 Å². The number of para-hydroxylation sites is 2. The average molecular weight is 578 g/mol. The summed E-state index contributed by atoms with van der Waals surface area (Å²) >= 11 is 4.65. The van der Waals surface area contributed by atoms with Crippen LogP contribution in [0.15, 0.2) is 87.9 Å². The Balaban J connectivity index is 1.72. The predicted molar refractivity (Wildman–Crippen MR) is 149 cm³/mol. The van der Waals surface area contributed by atoms with E-state index in [2.05, 4.69) is 21.2 Å². The van der Waals surface area contributed by atoms with Gasteiger partial charge in [-0.15, -0.1) is 0 Å². The normalized spacial score (nSPS) is 16.2. The molecule has 0 aromatic heterocycles. The summed E-state index contributed by atoms with van der Waals surface area (Å²) in [6.07, 6.45) is 0.445. The van der Waals surface area contributed by atoms with Gasteiger partial charge in [0.05, 0.1) is 24.7 Å². The maximum absolute atomic E-state index is 13.7. The Morgan fingerprint density at radius 2 is 1.81 bits per heavy atom. The van der Waals surface area contributed by atoms with E-state index in [-0.39, 0.29) is 16.5 Å². The quantitative estimate of drug-likeness (QED) is 0.264. The first-order valence-electron chi connectivity index (χ1n) is 11.5. The van der Waals surface area contributed by atoms with Crippen molar-refractivity contribution in [1.29, 1.82) is 5.26 Å². The first-order valence-corrected chi connectivity index (χ1v) is 13.2. The van der Waals surface area contributed by atoms with Gasteiger partial charge in [-0.05, 0) is 67.4 Å². The van der Waals surface area contributed by atoms with Gasteiger partial charge in [-0.1, -0.05) is 52.0 Å². The molecule has 1 fully saturated rings. The van der Waals surface area contributed by atoms with Gasteiger partial charge in [0.25, 0.3) is 5.91 Å². The number of carbonyl (C=O) groups is 2. The van der Waals surface area contributed by atoms with Crippen LogP contribution in [0.4, 0.5) is 11.4 Å². The number of nitrogens with zero attached hydrogens (tertiary/aromatic N) is 2. The van der Waals surface area contributed by atoms with Crippen LogP contribution in [-0.4, -0.2) is 30.8 Å². The Bertz CT molecular complexity index is 1370. The summed E-state index contributed by atoms with van der Waals surface area (Å²) in [5.41, 5.74) is 1.79. The van der Waals surface area contributed by atoms with E-state index in [4.69, 9.17) is 9.47 Å². The third-order valence-corrected chi connectivity index (χ3v) is 7.39. The molecule has 0 radical (unpaired) electrons. The molecule has 188 valence electrons. The lowest BCUT2D eigenvalue weighted by atomic mass is 10.1. The van der Waals surface area contributed by atoms with Crippen LogP contribution < -0.4 is 19.7 Å². The minimum absolute atomic E-state index is 0.156. The zero-order chi connectivity index (χ0) is 26.4. The molecule has 1 aliphatic rings. The van der Waals surface area contributed by atoms with Crippen molar-refractivity contribution in [3.8, 4) is 17.6 Å². The van der Waals surface area contributed by atoms with E-state index >= 15 is 0 Å². The summed E-state index contributed by atoms with van der Waals surface area (Å²) in [6, 6.07) is 23.7. The van der Waals surface area contributed by atoms with Crippen LogP contribution in [-0.2, 0) is 16.0 Å². The number of anilines is 2. The van der Waals surface area contributed by atoms with Crippen molar-refractivity contribution in [2.45, 2.75) is 18.6 Å². The van der Waals surface area contributed by atoms with E-state index in [1.54, 1.807) is 48.5 Å². The lowest BCUT2D eigenvalue weighted by Crippen LogP contribution is -2.30. The molecule has 37 heavy (non-hydrogen) atoms. The van der Waals surface area contributed by atoms with Crippen molar-refractivity contribution in [2.24, 2.45) is 0 Å². The molecule has 3 aromatic carbocycles. The Morgan fingerprint density at radius 3 is 2.46 bits per heavy atom. The maximum Gasteiger partial charge on any atom is 0.269 e. The van der Waals surface area contributed by atoms with Gasteiger partial charge < -0.3 is 14.8 Å². The lowest BCUT2D eigenvalue weighted by Gasteiger charge is -2.19. The van der Waals surface area contributed by atoms with E-state index in [1.807, 2.05) is 37.3 Å². The number of carbonyl (C=O) groups excluding carboxylic acids is 2. The number of hydrogen-bond acceptors (Lipinski definition) is 6. The first-order chi connectivity index (χ1) is 17.9. The molecule has 3 aromatic rings. The van der Waals surface area contributed by atoms with Crippen LogP contribution in [0, 0.1) is 11.3 Å². The SMILES string of the molecule is CCOc1ccc(N2C(=O)C(Cc3ccc(Br)cc3)S/C2=C(/C#N)C(=O)Nc2ccccc2OC)cc1. The molecule has 1 aliphatic heterocycles. The largest absolute Gasteiger partial charge is 0.495 e. The number of nitriles is 1. The van der Waals surface area contributed by atoms with Crippen LogP contribution in [0.1, 0.15) is 12.5 Å². The molecule has 0 aliphatic carbocycles. The molecule has 1 N–H and O–H groups in total. The number of hydrogen-bond donors (Lipinski definition) is 1. The molecule has 9 heteroatoms. The monoisotopic (exact) mass is 577 g/mol. The first kappa shape index (κ1) is 26.3. The summed E-state index contributed by atoms with van der Waals surface area (Å²) in [6.45, 7) is 2.40. The fourth-order valence-electron chi connectivity index (χ4n) is 3.85. The number of nitrogens with one attached hydrogen (secondary N) is 1. The number of rotatable bonds is 8. The summed E-state index contributed by atoms with van der Waals surface area (Å²) < 4.78 is 11.8. The topological polar surface area (TPSA) is 91.7 Å². The van der Waals surface area contributed by atoms with Crippen LogP contribution in [0.25, 0.3) is 0 Å². The van der Waals surface area contributed by atoms with Gasteiger partial charge in [-0.25, -0.2) is 0 Å². The molecular weight excluding hydrogens is 554 g/mol. The molecule has 1 saturated heterocycles. The van der Waals surface area contributed by atoms with Gasteiger partial charge in [0.1, 0.15) is 28.2 Å². The third-order valence-electron chi connectivity index (χ3n) is 5.60. The number of halogens is 1. The van der Waals surface area contributed by atoms with E-state index < -0.39 is 11.2 Å². The minimum atomic E-state index is -0.623. The Labute approximate surface area is 228 Å². The van der Waals surface area contributed by atoms with E-state index in [1.165, 1.54) is 23.8 Å². The zero-order valence-electron chi connectivity index (χ0n) is 20.2. The van der Waals surface area contributed by atoms with E-state index in [9.17, 15) is 14.9 Å². The minimum Gasteiger partial charge on any atom is -0.495 e. The van der Waals surface area contributed by atoms with Crippen molar-refractivity contribution < 1.29 is 19.1 Å². The smallest absolute Gasteiger partial charge is 0.269 e. The lowest BCUT2D eigenvalue weighted by molar-refractivity contribution is -0.117. The van der Waals surface area contributed by atoms with E-state index in [0.717, 1.165) is 10.0 Å². The Hall–Kier alpha value is -3.74. The predicted octanol–water partition coefficient (Wildman–Crippen LogP) is 5.92. The van der Waals surface area contributed by atoms with Crippen molar-refractivity contribution in [2.75, 3.05) is 23.9 Å².